The molecule has 7 heteroatoms. The van der Waals surface area contributed by atoms with Crippen molar-refractivity contribution < 1.29 is 14.7 Å². The molecule has 0 spiro atoms. The lowest BCUT2D eigenvalue weighted by molar-refractivity contribution is -0.124. The number of aromatic carboxylic acids is 1. The molecule has 112 valence electrons. The largest absolute Gasteiger partial charge is 0.478 e. The first-order valence-corrected chi connectivity index (χ1v) is 7.61. The number of nitrogens with one attached hydrogen (secondary N) is 1. The summed E-state index contributed by atoms with van der Waals surface area (Å²) in [7, 11) is 0. The van der Waals surface area contributed by atoms with E-state index in [2.05, 4.69) is 31.2 Å². The highest BCUT2D eigenvalue weighted by Gasteiger charge is 2.43. The lowest BCUT2D eigenvalue weighted by Crippen LogP contribution is -2.41. The third-order valence-electron chi connectivity index (χ3n) is 3.71. The number of amides is 1. The Hall–Kier alpha value is -1.76. The number of alkyl halides is 1. The number of carboxylic acid groups (broad SMARTS) is 1. The molecule has 21 heavy (non-hydrogen) atoms. The quantitative estimate of drug-likeness (QED) is 0.809. The molecule has 2 N–H and O–H groups in total. The molecule has 6 nitrogen and oxygen atoms in total. The number of halogens is 1. The number of hydrogen-bond donors (Lipinski definition) is 2. The highest BCUT2D eigenvalue weighted by Crippen LogP contribution is 2.27. The number of rotatable bonds is 4. The molecule has 1 unspecified atom stereocenters. The average Bonchev–Trinajstić information content (AvgIpc) is 2.75. The summed E-state index contributed by atoms with van der Waals surface area (Å²) in [6.07, 6.45) is 1.57. The van der Waals surface area contributed by atoms with Gasteiger partial charge in [-0.1, -0.05) is 29.8 Å². The van der Waals surface area contributed by atoms with Crippen molar-refractivity contribution in [2.75, 3.05) is 0 Å². The molecule has 1 aliphatic heterocycles. The van der Waals surface area contributed by atoms with Crippen LogP contribution in [-0.2, 0) is 10.1 Å². The van der Waals surface area contributed by atoms with E-state index in [4.69, 9.17) is 0 Å². The summed E-state index contributed by atoms with van der Waals surface area (Å²) in [4.78, 5) is 32.1. The maximum Gasteiger partial charge on any atom is 0.338 e. The Morgan fingerprint density at radius 2 is 2.19 bits per heavy atom. The normalized spacial score (nSPS) is 21.4. The summed E-state index contributed by atoms with van der Waals surface area (Å²) in [5.74, 6) is -1.13. The minimum absolute atomic E-state index is 0.00917. The molecule has 2 heterocycles. The fourth-order valence-corrected chi connectivity index (χ4v) is 2.29. The van der Waals surface area contributed by atoms with E-state index in [1.807, 2.05) is 13.8 Å². The van der Waals surface area contributed by atoms with Crippen molar-refractivity contribution in [2.45, 2.75) is 31.6 Å². The van der Waals surface area contributed by atoms with Crippen LogP contribution in [0.1, 0.15) is 42.4 Å². The van der Waals surface area contributed by atoms with Crippen molar-refractivity contribution >= 4 is 33.6 Å². The smallest absolute Gasteiger partial charge is 0.338 e. The van der Waals surface area contributed by atoms with Gasteiger partial charge in [-0.05, 0) is 24.5 Å². The van der Waals surface area contributed by atoms with Gasteiger partial charge in [0.25, 0.3) is 5.91 Å². The summed E-state index contributed by atoms with van der Waals surface area (Å²) in [6, 6.07) is 1.53. The monoisotopic (exact) mass is 353 g/mol. The lowest BCUT2D eigenvalue weighted by atomic mass is 9.89. The van der Waals surface area contributed by atoms with Gasteiger partial charge in [-0.2, -0.15) is 0 Å². The van der Waals surface area contributed by atoms with E-state index >= 15 is 0 Å². The Morgan fingerprint density at radius 1 is 1.52 bits per heavy atom. The number of carbonyl (C=O) groups excluding carboxylic acids is 1. The van der Waals surface area contributed by atoms with Crippen LogP contribution in [0.25, 0.3) is 0 Å². The van der Waals surface area contributed by atoms with Gasteiger partial charge in [-0.15, -0.1) is 0 Å². The van der Waals surface area contributed by atoms with E-state index in [-0.39, 0.29) is 28.9 Å². The number of amidine groups is 1. The standard InChI is InChI=1S/C14H16BrN3O3/c1-7(2)14(3)13(21)17-11(18-14)10-9(12(19)20)4-8(5-15)6-16-10/h4,6-7H,5H2,1-3H3,(H,19,20)(H,17,18,21). The van der Waals surface area contributed by atoms with E-state index in [1.54, 1.807) is 13.1 Å². The summed E-state index contributed by atoms with van der Waals surface area (Å²) >= 11 is 3.26. The van der Waals surface area contributed by atoms with Crippen LogP contribution >= 0.6 is 15.9 Å². The molecule has 1 atom stereocenters. The predicted octanol–water partition coefficient (Wildman–Crippen LogP) is 1.97. The first-order chi connectivity index (χ1) is 9.79. The number of carboxylic acids is 1. The van der Waals surface area contributed by atoms with Gasteiger partial charge in [0.05, 0.1) is 5.56 Å². The zero-order chi connectivity index (χ0) is 15.8. The zero-order valence-electron chi connectivity index (χ0n) is 12.0. The summed E-state index contributed by atoms with van der Waals surface area (Å²) in [5, 5.41) is 12.5. The van der Waals surface area contributed by atoms with E-state index in [0.717, 1.165) is 5.56 Å². The van der Waals surface area contributed by atoms with Crippen LogP contribution in [0.2, 0.25) is 0 Å². The van der Waals surface area contributed by atoms with Crippen LogP contribution in [0.3, 0.4) is 0 Å². The van der Waals surface area contributed by atoms with E-state index in [1.165, 1.54) is 6.07 Å². The lowest BCUT2D eigenvalue weighted by Gasteiger charge is -2.21. The number of pyridine rings is 1. The van der Waals surface area contributed by atoms with Crippen LogP contribution in [0, 0.1) is 5.92 Å². The van der Waals surface area contributed by atoms with Crippen LogP contribution in [0.5, 0.6) is 0 Å². The van der Waals surface area contributed by atoms with Gasteiger partial charge in [0.15, 0.2) is 5.84 Å². The molecule has 0 saturated heterocycles. The summed E-state index contributed by atoms with van der Waals surface area (Å²) in [5.41, 5.74) is 0.0533. The van der Waals surface area contributed by atoms with Crippen molar-refractivity contribution in [3.05, 3.63) is 29.1 Å². The number of nitrogens with zero attached hydrogens (tertiary/aromatic N) is 2. The second-order valence-corrected chi connectivity index (χ2v) is 5.96. The average molecular weight is 354 g/mol. The maximum atomic E-state index is 12.1. The van der Waals surface area contributed by atoms with Gasteiger partial charge in [0.1, 0.15) is 11.2 Å². The van der Waals surface area contributed by atoms with Crippen molar-refractivity contribution in [2.24, 2.45) is 10.9 Å². The second-order valence-electron chi connectivity index (χ2n) is 5.40. The van der Waals surface area contributed by atoms with Gasteiger partial charge < -0.3 is 10.4 Å². The van der Waals surface area contributed by atoms with Crippen LogP contribution in [0.15, 0.2) is 17.3 Å². The number of aliphatic imine (C=N–C) groups is 1. The van der Waals surface area contributed by atoms with Crippen molar-refractivity contribution in [1.29, 1.82) is 0 Å². The van der Waals surface area contributed by atoms with Gasteiger partial charge in [-0.25, -0.2) is 9.79 Å². The van der Waals surface area contributed by atoms with Crippen LogP contribution in [-0.4, -0.2) is 33.3 Å². The fraction of sp³-hybridized carbons (Fsp3) is 0.429. The molecule has 1 aromatic heterocycles. The third kappa shape index (κ3) is 2.70. The van der Waals surface area contributed by atoms with Crippen molar-refractivity contribution in [1.82, 2.24) is 10.3 Å². The number of hydrogen-bond acceptors (Lipinski definition) is 4. The highest BCUT2D eigenvalue weighted by atomic mass is 79.9. The van der Waals surface area contributed by atoms with E-state index in [0.29, 0.717) is 5.33 Å². The van der Waals surface area contributed by atoms with Crippen LogP contribution in [0.4, 0.5) is 0 Å². The predicted molar refractivity (Wildman–Crippen MR) is 81.8 cm³/mol. The van der Waals surface area contributed by atoms with Gasteiger partial charge in [-0.3, -0.25) is 9.78 Å². The van der Waals surface area contributed by atoms with Gasteiger partial charge >= 0.3 is 5.97 Å². The minimum Gasteiger partial charge on any atom is -0.478 e. The second kappa shape index (κ2) is 5.55. The molecule has 1 aromatic rings. The molecule has 0 aromatic carbocycles. The first-order valence-electron chi connectivity index (χ1n) is 6.49. The van der Waals surface area contributed by atoms with E-state index < -0.39 is 11.5 Å². The Kier molecular flexibility index (Phi) is 4.13. The molecule has 1 aliphatic rings. The van der Waals surface area contributed by atoms with Crippen molar-refractivity contribution in [3.8, 4) is 0 Å². The number of carbonyl (C=O) groups is 2. The SMILES string of the molecule is CC(C)C1(C)N=C(c2ncc(CBr)cc2C(=O)O)NC1=O. The fourth-order valence-electron chi connectivity index (χ4n) is 1.98. The molecule has 2 rings (SSSR count). The van der Waals surface area contributed by atoms with Crippen molar-refractivity contribution in [3.63, 3.8) is 0 Å². The Balaban J connectivity index is 2.53. The summed E-state index contributed by atoms with van der Waals surface area (Å²) < 4.78 is 0. The Labute approximate surface area is 130 Å². The molecule has 1 amide bonds. The molecule has 0 fully saturated rings. The molecular weight excluding hydrogens is 338 g/mol. The topological polar surface area (TPSA) is 91.7 Å². The molecular formula is C14H16BrN3O3. The number of aromatic nitrogens is 1. The van der Waals surface area contributed by atoms with Gasteiger partial charge in [0, 0.05) is 11.5 Å². The molecule has 0 aliphatic carbocycles. The van der Waals surface area contributed by atoms with E-state index in [9.17, 15) is 14.7 Å². The Bertz CT molecular complexity index is 642. The highest BCUT2D eigenvalue weighted by molar-refractivity contribution is 9.08. The van der Waals surface area contributed by atoms with Gasteiger partial charge in [0.2, 0.25) is 0 Å². The van der Waals surface area contributed by atoms with Crippen LogP contribution < -0.4 is 5.32 Å². The molecule has 0 saturated carbocycles. The zero-order valence-corrected chi connectivity index (χ0v) is 13.6. The minimum atomic E-state index is -1.10. The first kappa shape index (κ1) is 15.6. The third-order valence-corrected chi connectivity index (χ3v) is 4.36. The molecule has 0 radical (unpaired) electrons. The maximum absolute atomic E-state index is 12.1. The molecule has 0 bridgehead atoms. The summed E-state index contributed by atoms with van der Waals surface area (Å²) in [6.45, 7) is 5.52. The Morgan fingerprint density at radius 3 is 2.67 bits per heavy atom.